The molecule has 0 atom stereocenters. The summed E-state index contributed by atoms with van der Waals surface area (Å²) in [5.41, 5.74) is 8.74. The predicted molar refractivity (Wildman–Crippen MR) is 163 cm³/mol. The summed E-state index contributed by atoms with van der Waals surface area (Å²) < 4.78 is 2.27. The van der Waals surface area contributed by atoms with Crippen LogP contribution < -0.4 is 0 Å². The minimum absolute atomic E-state index is 1.04. The van der Waals surface area contributed by atoms with Crippen LogP contribution >= 0.6 is 0 Å². The normalized spacial score (nSPS) is 13.4. The number of hydrogen-bond acceptors (Lipinski definition) is 0. The molecule has 0 aliphatic heterocycles. The quantitative estimate of drug-likeness (QED) is 0.271. The molecule has 2 rings (SSSR count). The fraction of sp³-hybridized carbons (Fsp3) is 0.0857. The van der Waals surface area contributed by atoms with E-state index in [0.29, 0.717) is 0 Å². The zero-order chi connectivity index (χ0) is 26.3. The minimum atomic E-state index is 1.04. The van der Waals surface area contributed by atoms with E-state index in [1.165, 1.54) is 0 Å². The predicted octanol–water partition coefficient (Wildman–Crippen LogP) is 9.85. The van der Waals surface area contributed by atoms with Gasteiger partial charge in [0, 0.05) is 18.2 Å². The van der Waals surface area contributed by atoms with E-state index in [4.69, 9.17) is 0 Å². The molecule has 36 heavy (non-hydrogen) atoms. The van der Waals surface area contributed by atoms with Gasteiger partial charge in [0.25, 0.3) is 0 Å². The van der Waals surface area contributed by atoms with Crippen molar-refractivity contribution >= 4 is 16.7 Å². The third-order valence-electron chi connectivity index (χ3n) is 5.53. The van der Waals surface area contributed by atoms with Crippen molar-refractivity contribution in [1.29, 1.82) is 0 Å². The van der Waals surface area contributed by atoms with Crippen molar-refractivity contribution in [3.05, 3.63) is 165 Å². The number of aromatic nitrogens is 1. The van der Waals surface area contributed by atoms with E-state index >= 15 is 0 Å². The number of nitrogens with zero attached hydrogens (tertiary/aromatic N) is 1. The molecular weight excluding hydrogens is 434 g/mol. The summed E-state index contributed by atoms with van der Waals surface area (Å²) in [4.78, 5) is 0. The maximum atomic E-state index is 4.00. The summed E-state index contributed by atoms with van der Waals surface area (Å²) in [5, 5.41) is 0. The van der Waals surface area contributed by atoms with E-state index in [0.717, 1.165) is 44.8 Å². The molecule has 0 aliphatic carbocycles. The van der Waals surface area contributed by atoms with Gasteiger partial charge in [-0.25, -0.2) is 0 Å². The number of benzene rings is 1. The Labute approximate surface area is 217 Å². The van der Waals surface area contributed by atoms with Crippen molar-refractivity contribution in [3.63, 3.8) is 0 Å². The average Bonchev–Trinajstić information content (AvgIpc) is 3.19. The lowest BCUT2D eigenvalue weighted by molar-refractivity contribution is 0.894. The fourth-order valence-electron chi connectivity index (χ4n) is 4.15. The fourth-order valence-corrected chi connectivity index (χ4v) is 4.15. The van der Waals surface area contributed by atoms with E-state index in [-0.39, 0.29) is 0 Å². The Morgan fingerprint density at radius 2 is 1.22 bits per heavy atom. The Balaban J connectivity index is 3.29. The molecule has 1 nitrogen and oxygen atoms in total. The summed E-state index contributed by atoms with van der Waals surface area (Å²) in [6.45, 7) is 19.8. The molecule has 1 heterocycles. The molecule has 0 N–H and O–H groups in total. The van der Waals surface area contributed by atoms with Gasteiger partial charge in [0.1, 0.15) is 0 Å². The lowest BCUT2D eigenvalue weighted by Gasteiger charge is -2.12. The van der Waals surface area contributed by atoms with Crippen LogP contribution in [0, 0.1) is 0 Å². The smallest absolute Gasteiger partial charge is 0.0568 e. The Hall–Kier alpha value is -4.36. The van der Waals surface area contributed by atoms with Gasteiger partial charge in [-0.3, -0.25) is 0 Å². The minimum Gasteiger partial charge on any atom is -0.343 e. The highest BCUT2D eigenvalue weighted by Crippen LogP contribution is 2.43. The van der Waals surface area contributed by atoms with Crippen molar-refractivity contribution in [1.82, 2.24) is 4.57 Å². The molecule has 1 heteroatoms. The van der Waals surface area contributed by atoms with Gasteiger partial charge in [-0.15, -0.1) is 0 Å². The topological polar surface area (TPSA) is 4.93 Å². The first-order chi connectivity index (χ1) is 17.6. The molecule has 0 unspecified atom stereocenters. The molecule has 0 bridgehead atoms. The molecule has 0 spiro atoms. The molecule has 182 valence electrons. The second-order valence-corrected chi connectivity index (χ2v) is 7.93. The van der Waals surface area contributed by atoms with Gasteiger partial charge in [-0.05, 0) is 36.1 Å². The summed E-state index contributed by atoms with van der Waals surface area (Å²) in [6.07, 6.45) is 29.9. The van der Waals surface area contributed by atoms with Gasteiger partial charge in [-0.2, -0.15) is 0 Å². The van der Waals surface area contributed by atoms with Crippen molar-refractivity contribution in [2.75, 3.05) is 0 Å². The summed E-state index contributed by atoms with van der Waals surface area (Å²) >= 11 is 0. The van der Waals surface area contributed by atoms with E-state index in [9.17, 15) is 0 Å². The van der Waals surface area contributed by atoms with E-state index < -0.39 is 0 Å². The monoisotopic (exact) mass is 471 g/mol. The highest BCUT2D eigenvalue weighted by molar-refractivity contribution is 6.00. The van der Waals surface area contributed by atoms with Crippen LogP contribution in [0.15, 0.2) is 148 Å². The van der Waals surface area contributed by atoms with Crippen LogP contribution in [-0.2, 0) is 7.05 Å². The summed E-state index contributed by atoms with van der Waals surface area (Å²) in [6, 6.07) is 10.5. The third kappa shape index (κ3) is 6.61. The van der Waals surface area contributed by atoms with Crippen LogP contribution in [-0.4, -0.2) is 4.57 Å². The zero-order valence-electron chi connectivity index (χ0n) is 21.8. The Bertz CT molecular complexity index is 1290. The van der Waals surface area contributed by atoms with E-state index in [1.807, 2.05) is 56.4 Å². The molecule has 2 aromatic rings. The van der Waals surface area contributed by atoms with Gasteiger partial charge in [0.15, 0.2) is 0 Å². The molecule has 0 saturated carbocycles. The van der Waals surface area contributed by atoms with Crippen molar-refractivity contribution in [2.24, 2.45) is 7.05 Å². The van der Waals surface area contributed by atoms with Crippen LogP contribution in [0.3, 0.4) is 0 Å². The van der Waals surface area contributed by atoms with Crippen LogP contribution in [0.25, 0.3) is 27.8 Å². The highest BCUT2D eigenvalue weighted by Gasteiger charge is 2.26. The van der Waals surface area contributed by atoms with E-state index in [2.05, 4.69) is 105 Å². The molecule has 1 aromatic heterocycles. The van der Waals surface area contributed by atoms with Gasteiger partial charge in [0.05, 0.1) is 11.4 Å². The highest BCUT2D eigenvalue weighted by atomic mass is 15.0. The number of allylic oxidation sites excluding steroid dienone is 18. The maximum Gasteiger partial charge on any atom is 0.0568 e. The summed E-state index contributed by atoms with van der Waals surface area (Å²) in [5.74, 6) is 0. The molecule has 1 aromatic carbocycles. The van der Waals surface area contributed by atoms with Crippen molar-refractivity contribution in [3.8, 4) is 11.1 Å². The van der Waals surface area contributed by atoms with Gasteiger partial charge < -0.3 is 4.57 Å². The SMILES string of the molecule is C=C/C=C\C(=C/C=C)c1c(-c2ccccc2)c(C(/C=C\C=C)=C/C=C)n(C)c1C(/C=C\C)=C/C=C\C. The van der Waals surface area contributed by atoms with Crippen molar-refractivity contribution in [2.45, 2.75) is 13.8 Å². The number of hydrogen-bond donors (Lipinski definition) is 0. The molecule has 0 aliphatic rings. The zero-order valence-corrected chi connectivity index (χ0v) is 21.8. The molecular formula is C35H37N. The van der Waals surface area contributed by atoms with Crippen LogP contribution in [0.4, 0.5) is 0 Å². The van der Waals surface area contributed by atoms with Crippen LogP contribution in [0.2, 0.25) is 0 Å². The lowest BCUT2D eigenvalue weighted by atomic mass is 9.90. The van der Waals surface area contributed by atoms with Crippen LogP contribution in [0.5, 0.6) is 0 Å². The molecule has 0 fully saturated rings. The first-order valence-electron chi connectivity index (χ1n) is 12.1. The van der Waals surface area contributed by atoms with Gasteiger partial charge in [-0.1, -0.05) is 148 Å². The standard InChI is InChI=1S/C35H37N/c1-8-14-23-28(20-11-4)32-33(29-26-18-17-19-27-29)35(31(22-13-6)25-16-10-3)36(7)34(32)30(21-12-5)24-15-9-2/h8-27H,1,3-4,6H2,2,5,7H3/b15-9-,21-12-,23-14-,25-16-,28-20+,30-24+,31-22+. The first kappa shape index (κ1) is 27.9. The number of rotatable bonds is 12. The average molecular weight is 472 g/mol. The third-order valence-corrected chi connectivity index (χ3v) is 5.53. The Morgan fingerprint density at radius 1 is 0.639 bits per heavy atom. The van der Waals surface area contributed by atoms with Crippen molar-refractivity contribution < 1.29 is 0 Å². The van der Waals surface area contributed by atoms with E-state index in [1.54, 1.807) is 12.2 Å². The largest absolute Gasteiger partial charge is 0.343 e. The Kier molecular flexibility index (Phi) is 11.5. The first-order valence-corrected chi connectivity index (χ1v) is 12.1. The van der Waals surface area contributed by atoms with Gasteiger partial charge in [0.2, 0.25) is 0 Å². The molecule has 0 radical (unpaired) electrons. The Morgan fingerprint density at radius 3 is 1.78 bits per heavy atom. The second-order valence-electron chi connectivity index (χ2n) is 7.93. The van der Waals surface area contributed by atoms with Gasteiger partial charge >= 0.3 is 0 Å². The maximum absolute atomic E-state index is 4.00. The second kappa shape index (κ2) is 14.8. The molecule has 0 amide bonds. The summed E-state index contributed by atoms with van der Waals surface area (Å²) in [7, 11) is 2.12. The van der Waals surface area contributed by atoms with Crippen LogP contribution in [0.1, 0.15) is 30.8 Å². The lowest BCUT2D eigenvalue weighted by Crippen LogP contribution is -2.01. The molecule has 0 saturated heterocycles.